The fourth-order valence-electron chi connectivity index (χ4n) is 5.82. The zero-order valence-electron chi connectivity index (χ0n) is 17.2. The highest BCUT2D eigenvalue weighted by atomic mass is 19.4. The van der Waals surface area contributed by atoms with Crippen LogP contribution in [0.1, 0.15) is 42.5 Å². The van der Waals surface area contributed by atoms with Gasteiger partial charge in [0, 0.05) is 18.7 Å². The molecule has 0 radical (unpaired) electrons. The molecule has 3 saturated carbocycles. The summed E-state index contributed by atoms with van der Waals surface area (Å²) in [6, 6.07) is 7.21. The lowest BCUT2D eigenvalue weighted by molar-refractivity contribution is -0.219. The lowest BCUT2D eigenvalue weighted by Gasteiger charge is -2.69. The number of nitrogens with zero attached hydrogens (tertiary/aromatic N) is 3. The molecule has 2 bridgehead atoms. The van der Waals surface area contributed by atoms with Crippen LogP contribution in [0, 0.1) is 10.8 Å². The molecule has 166 valence electrons. The van der Waals surface area contributed by atoms with Crippen molar-refractivity contribution in [2.24, 2.45) is 10.8 Å². The van der Waals surface area contributed by atoms with E-state index in [1.807, 2.05) is 17.0 Å². The first kappa shape index (κ1) is 20.2. The van der Waals surface area contributed by atoms with E-state index in [1.54, 1.807) is 19.2 Å². The van der Waals surface area contributed by atoms with Crippen molar-refractivity contribution in [2.75, 3.05) is 25.1 Å². The van der Waals surface area contributed by atoms with E-state index in [0.717, 1.165) is 5.56 Å². The lowest BCUT2D eigenvalue weighted by atomic mass is 9.35. The van der Waals surface area contributed by atoms with Crippen molar-refractivity contribution in [3.63, 3.8) is 0 Å². The number of benzene rings is 1. The van der Waals surface area contributed by atoms with Crippen LogP contribution in [0.2, 0.25) is 0 Å². The van der Waals surface area contributed by atoms with E-state index < -0.39 is 23.3 Å². The molecule has 4 aliphatic rings. The van der Waals surface area contributed by atoms with Gasteiger partial charge < -0.3 is 14.7 Å². The fraction of sp³-hybridized carbons (Fsp3) is 0.545. The number of rotatable bonds is 6. The van der Waals surface area contributed by atoms with Crippen LogP contribution in [-0.2, 0) is 23.9 Å². The first-order valence-electron chi connectivity index (χ1n) is 10.4. The largest absolute Gasteiger partial charge is 0.497 e. The number of anilines is 1. The van der Waals surface area contributed by atoms with Crippen molar-refractivity contribution >= 4 is 11.8 Å². The predicted molar refractivity (Wildman–Crippen MR) is 106 cm³/mol. The van der Waals surface area contributed by atoms with Gasteiger partial charge in [0.15, 0.2) is 5.69 Å². The van der Waals surface area contributed by atoms with Crippen LogP contribution < -0.4 is 9.64 Å². The predicted octanol–water partition coefficient (Wildman–Crippen LogP) is 3.97. The average Bonchev–Trinajstić information content (AvgIpc) is 3.03. The van der Waals surface area contributed by atoms with Crippen LogP contribution in [0.25, 0.3) is 0 Å². The number of alkyl halides is 3. The Kier molecular flexibility index (Phi) is 4.33. The molecule has 3 aliphatic carbocycles. The molecular formula is C22H24F3N3O3. The number of carboxylic acids is 1. The Hall–Kier alpha value is -2.71. The molecule has 0 unspecified atom stereocenters. The number of ether oxygens (including phenoxy) is 1. The van der Waals surface area contributed by atoms with Gasteiger partial charge in [0.25, 0.3) is 0 Å². The number of aliphatic carboxylic acids is 1. The van der Waals surface area contributed by atoms with E-state index in [9.17, 15) is 23.1 Å². The van der Waals surface area contributed by atoms with E-state index in [1.165, 1.54) is 4.68 Å². The van der Waals surface area contributed by atoms with E-state index in [-0.39, 0.29) is 17.5 Å². The number of fused-ring (bicyclic) bond motifs is 1. The van der Waals surface area contributed by atoms with E-state index in [2.05, 4.69) is 5.10 Å². The van der Waals surface area contributed by atoms with Crippen molar-refractivity contribution in [3.05, 3.63) is 41.1 Å². The molecule has 0 spiro atoms. The normalized spacial score (nSPS) is 26.6. The number of methoxy groups -OCH3 is 1. The summed E-state index contributed by atoms with van der Waals surface area (Å²) in [5.74, 6) is 0.459. The van der Waals surface area contributed by atoms with Crippen LogP contribution in [0.5, 0.6) is 5.75 Å². The molecule has 9 heteroatoms. The quantitative estimate of drug-likeness (QED) is 0.744. The molecule has 2 aromatic rings. The number of hydrogen-bond donors (Lipinski definition) is 1. The van der Waals surface area contributed by atoms with Crippen LogP contribution >= 0.6 is 0 Å². The molecule has 6 rings (SSSR count). The minimum absolute atomic E-state index is 0.0966. The Labute approximate surface area is 177 Å². The van der Waals surface area contributed by atoms with Gasteiger partial charge in [-0.15, -0.1) is 0 Å². The monoisotopic (exact) mass is 435 g/mol. The molecule has 6 nitrogen and oxygen atoms in total. The van der Waals surface area contributed by atoms with Crippen LogP contribution in [-0.4, -0.2) is 41.1 Å². The number of aromatic nitrogens is 2. The SMILES string of the molecule is COc1ccc(Cn2nc(C(F)(F)F)c3c2N(CC24CC(C(=O)O)(C2)C4)CCC3)cc1. The molecule has 0 atom stereocenters. The number of hydrogen-bond acceptors (Lipinski definition) is 4. The van der Waals surface area contributed by atoms with Gasteiger partial charge in [-0.2, -0.15) is 18.3 Å². The van der Waals surface area contributed by atoms with E-state index in [0.29, 0.717) is 56.8 Å². The first-order valence-corrected chi connectivity index (χ1v) is 10.4. The molecule has 2 heterocycles. The van der Waals surface area contributed by atoms with Gasteiger partial charge in [-0.25, -0.2) is 4.68 Å². The molecule has 1 aromatic heterocycles. The molecule has 1 aliphatic heterocycles. The zero-order chi connectivity index (χ0) is 22.0. The van der Waals surface area contributed by atoms with Gasteiger partial charge in [-0.05, 0) is 55.2 Å². The molecule has 1 aromatic carbocycles. The number of halogens is 3. The van der Waals surface area contributed by atoms with E-state index >= 15 is 0 Å². The summed E-state index contributed by atoms with van der Waals surface area (Å²) in [5.41, 5.74) is -0.410. The lowest BCUT2D eigenvalue weighted by Crippen LogP contribution is -2.69. The Morgan fingerprint density at radius 1 is 1.23 bits per heavy atom. The fourth-order valence-corrected chi connectivity index (χ4v) is 5.82. The minimum Gasteiger partial charge on any atom is -0.497 e. The Bertz CT molecular complexity index is 1010. The third-order valence-corrected chi connectivity index (χ3v) is 7.06. The topological polar surface area (TPSA) is 67.6 Å². The van der Waals surface area contributed by atoms with Crippen molar-refractivity contribution in [1.29, 1.82) is 0 Å². The number of carboxylic acid groups (broad SMARTS) is 1. The van der Waals surface area contributed by atoms with Crippen molar-refractivity contribution in [1.82, 2.24) is 9.78 Å². The average molecular weight is 435 g/mol. The highest BCUT2D eigenvalue weighted by Gasteiger charge is 2.72. The third kappa shape index (κ3) is 3.16. The maximum absolute atomic E-state index is 13.7. The highest BCUT2D eigenvalue weighted by Crippen LogP contribution is 2.73. The van der Waals surface area contributed by atoms with Gasteiger partial charge in [0.05, 0.1) is 19.1 Å². The summed E-state index contributed by atoms with van der Waals surface area (Å²) < 4.78 is 47.8. The second kappa shape index (κ2) is 6.64. The van der Waals surface area contributed by atoms with E-state index in [4.69, 9.17) is 4.74 Å². The van der Waals surface area contributed by atoms with Crippen LogP contribution in [0.3, 0.4) is 0 Å². The van der Waals surface area contributed by atoms with Gasteiger partial charge >= 0.3 is 12.1 Å². The second-order valence-electron chi connectivity index (χ2n) is 9.30. The highest BCUT2D eigenvalue weighted by molar-refractivity contribution is 5.79. The first-order chi connectivity index (χ1) is 14.6. The van der Waals surface area contributed by atoms with Crippen molar-refractivity contribution in [3.8, 4) is 5.75 Å². The summed E-state index contributed by atoms with van der Waals surface area (Å²) in [7, 11) is 1.56. The van der Waals surface area contributed by atoms with Crippen LogP contribution in [0.4, 0.5) is 19.0 Å². The molecule has 3 fully saturated rings. The zero-order valence-corrected chi connectivity index (χ0v) is 17.2. The van der Waals surface area contributed by atoms with Crippen molar-refractivity contribution in [2.45, 2.75) is 44.8 Å². The van der Waals surface area contributed by atoms with Gasteiger partial charge in [0.1, 0.15) is 11.6 Å². The molecule has 31 heavy (non-hydrogen) atoms. The standard InChI is InChI=1S/C22H24F3N3O3/c1-31-15-6-4-14(5-7-15)9-28-18-16(17(26-28)22(23,24)25)3-2-8-27(18)13-20-10-21(11-20,12-20)19(29)30/h4-7H,2-3,8-13H2,1H3,(H,29,30). The smallest absolute Gasteiger partial charge is 0.435 e. The Morgan fingerprint density at radius 2 is 1.90 bits per heavy atom. The van der Waals surface area contributed by atoms with Crippen LogP contribution in [0.15, 0.2) is 24.3 Å². The van der Waals surface area contributed by atoms with Gasteiger partial charge in [-0.1, -0.05) is 12.1 Å². The maximum Gasteiger partial charge on any atom is 0.435 e. The summed E-state index contributed by atoms with van der Waals surface area (Å²) in [4.78, 5) is 13.4. The Balaban J connectivity index is 1.46. The Morgan fingerprint density at radius 3 is 2.48 bits per heavy atom. The van der Waals surface area contributed by atoms with Gasteiger partial charge in [-0.3, -0.25) is 4.79 Å². The summed E-state index contributed by atoms with van der Waals surface area (Å²) in [6.45, 7) is 1.46. The second-order valence-corrected chi connectivity index (χ2v) is 9.30. The van der Waals surface area contributed by atoms with Crippen molar-refractivity contribution < 1.29 is 27.8 Å². The number of carbonyl (C=O) groups is 1. The minimum atomic E-state index is -4.51. The van der Waals surface area contributed by atoms with Gasteiger partial charge in [0.2, 0.25) is 0 Å². The molecular weight excluding hydrogens is 411 g/mol. The molecule has 1 N–H and O–H groups in total. The molecule has 0 saturated heterocycles. The maximum atomic E-state index is 13.7. The summed E-state index contributed by atoms with van der Waals surface area (Å²) in [6.07, 6.45) is -1.71. The summed E-state index contributed by atoms with van der Waals surface area (Å²) in [5, 5.41) is 13.4. The summed E-state index contributed by atoms with van der Waals surface area (Å²) >= 11 is 0. The molecule has 0 amide bonds. The third-order valence-electron chi connectivity index (χ3n) is 7.06.